The SMILES string of the molecule is CCNC(C)Cc1ccc(Cl)nc1. The fraction of sp³-hybridized carbons (Fsp3) is 0.500. The number of likely N-dealkylation sites (N-methyl/N-ethyl adjacent to an activating group) is 1. The zero-order valence-corrected chi connectivity index (χ0v) is 8.80. The van der Waals surface area contributed by atoms with Gasteiger partial charge in [-0.15, -0.1) is 0 Å². The highest BCUT2D eigenvalue weighted by Gasteiger charge is 2.01. The van der Waals surface area contributed by atoms with Crippen LogP contribution in [0.25, 0.3) is 0 Å². The molecule has 1 atom stereocenters. The van der Waals surface area contributed by atoms with Crippen molar-refractivity contribution in [2.75, 3.05) is 6.54 Å². The Morgan fingerprint density at radius 2 is 2.31 bits per heavy atom. The second-order valence-corrected chi connectivity index (χ2v) is 3.54. The van der Waals surface area contributed by atoms with Crippen LogP contribution in [0.2, 0.25) is 5.15 Å². The van der Waals surface area contributed by atoms with Gasteiger partial charge in [0, 0.05) is 12.2 Å². The molecule has 0 aromatic carbocycles. The number of hydrogen-bond donors (Lipinski definition) is 1. The first-order valence-electron chi connectivity index (χ1n) is 4.56. The lowest BCUT2D eigenvalue weighted by Crippen LogP contribution is -2.27. The third kappa shape index (κ3) is 3.75. The van der Waals surface area contributed by atoms with Gasteiger partial charge in [-0.2, -0.15) is 0 Å². The van der Waals surface area contributed by atoms with E-state index in [-0.39, 0.29) is 0 Å². The summed E-state index contributed by atoms with van der Waals surface area (Å²) in [5.74, 6) is 0. The highest BCUT2D eigenvalue weighted by Crippen LogP contribution is 2.07. The quantitative estimate of drug-likeness (QED) is 0.751. The van der Waals surface area contributed by atoms with Crippen molar-refractivity contribution in [2.24, 2.45) is 0 Å². The van der Waals surface area contributed by atoms with Crippen molar-refractivity contribution in [1.29, 1.82) is 0 Å². The first-order valence-corrected chi connectivity index (χ1v) is 4.94. The summed E-state index contributed by atoms with van der Waals surface area (Å²) in [4.78, 5) is 4.03. The number of rotatable bonds is 4. The van der Waals surface area contributed by atoms with Crippen LogP contribution in [0, 0.1) is 0 Å². The lowest BCUT2D eigenvalue weighted by Gasteiger charge is -2.11. The van der Waals surface area contributed by atoms with Crippen LogP contribution in [0.15, 0.2) is 18.3 Å². The minimum atomic E-state index is 0.493. The van der Waals surface area contributed by atoms with E-state index in [1.54, 1.807) is 0 Å². The zero-order valence-electron chi connectivity index (χ0n) is 8.05. The van der Waals surface area contributed by atoms with Gasteiger partial charge in [-0.05, 0) is 31.5 Å². The fourth-order valence-electron chi connectivity index (χ4n) is 1.30. The molecule has 1 heterocycles. The van der Waals surface area contributed by atoms with E-state index in [2.05, 4.69) is 24.1 Å². The summed E-state index contributed by atoms with van der Waals surface area (Å²) in [7, 11) is 0. The zero-order chi connectivity index (χ0) is 9.68. The Labute approximate surface area is 84.3 Å². The van der Waals surface area contributed by atoms with Crippen molar-refractivity contribution in [3.8, 4) is 0 Å². The van der Waals surface area contributed by atoms with Crippen LogP contribution in [0.1, 0.15) is 19.4 Å². The molecule has 0 aliphatic carbocycles. The van der Waals surface area contributed by atoms with Gasteiger partial charge in [-0.3, -0.25) is 0 Å². The van der Waals surface area contributed by atoms with Crippen LogP contribution in [0.5, 0.6) is 0 Å². The molecule has 1 unspecified atom stereocenters. The van der Waals surface area contributed by atoms with Gasteiger partial charge in [0.05, 0.1) is 0 Å². The van der Waals surface area contributed by atoms with Crippen LogP contribution in [-0.4, -0.2) is 17.6 Å². The summed E-state index contributed by atoms with van der Waals surface area (Å²) in [6, 6.07) is 4.34. The Morgan fingerprint density at radius 1 is 1.54 bits per heavy atom. The molecule has 0 bridgehead atoms. The maximum Gasteiger partial charge on any atom is 0.129 e. The number of nitrogens with one attached hydrogen (secondary N) is 1. The maximum atomic E-state index is 5.68. The molecular formula is C10H15ClN2. The maximum absolute atomic E-state index is 5.68. The number of aromatic nitrogens is 1. The first-order chi connectivity index (χ1) is 6.22. The van der Waals surface area contributed by atoms with E-state index in [1.165, 1.54) is 5.56 Å². The molecule has 0 saturated heterocycles. The third-order valence-corrected chi connectivity index (χ3v) is 2.11. The van der Waals surface area contributed by atoms with Crippen molar-refractivity contribution in [2.45, 2.75) is 26.3 Å². The first kappa shape index (κ1) is 10.5. The molecule has 0 radical (unpaired) electrons. The van der Waals surface area contributed by atoms with Crippen LogP contribution in [0.4, 0.5) is 0 Å². The molecule has 0 aliphatic heterocycles. The van der Waals surface area contributed by atoms with Crippen molar-refractivity contribution in [3.05, 3.63) is 29.0 Å². The van der Waals surface area contributed by atoms with Gasteiger partial charge in [0.15, 0.2) is 0 Å². The molecule has 1 N–H and O–H groups in total. The van der Waals surface area contributed by atoms with Gasteiger partial charge in [-0.25, -0.2) is 4.98 Å². The molecule has 1 aromatic heterocycles. The fourth-order valence-corrected chi connectivity index (χ4v) is 1.41. The topological polar surface area (TPSA) is 24.9 Å². The average molecular weight is 199 g/mol. The van der Waals surface area contributed by atoms with E-state index in [0.29, 0.717) is 11.2 Å². The summed E-state index contributed by atoms with van der Waals surface area (Å²) in [6.45, 7) is 5.27. The lowest BCUT2D eigenvalue weighted by molar-refractivity contribution is 0.564. The predicted octanol–water partition coefficient (Wildman–Crippen LogP) is 2.28. The predicted molar refractivity (Wildman–Crippen MR) is 56.1 cm³/mol. The molecule has 0 aliphatic rings. The Balaban J connectivity index is 2.49. The molecule has 2 nitrogen and oxygen atoms in total. The van der Waals surface area contributed by atoms with E-state index in [1.807, 2.05) is 18.3 Å². The van der Waals surface area contributed by atoms with E-state index >= 15 is 0 Å². The Hall–Kier alpha value is -0.600. The number of hydrogen-bond acceptors (Lipinski definition) is 2. The van der Waals surface area contributed by atoms with Crippen molar-refractivity contribution in [1.82, 2.24) is 10.3 Å². The minimum Gasteiger partial charge on any atom is -0.314 e. The second kappa shape index (κ2) is 5.20. The van der Waals surface area contributed by atoms with E-state index in [0.717, 1.165) is 13.0 Å². The average Bonchev–Trinajstić information content (AvgIpc) is 2.09. The standard InChI is InChI=1S/C10H15ClN2/c1-3-12-8(2)6-9-4-5-10(11)13-7-9/h4-5,7-8,12H,3,6H2,1-2H3. The molecule has 13 heavy (non-hydrogen) atoms. The van der Waals surface area contributed by atoms with Gasteiger partial charge in [0.25, 0.3) is 0 Å². The minimum absolute atomic E-state index is 0.493. The molecule has 1 aromatic rings. The largest absolute Gasteiger partial charge is 0.314 e. The van der Waals surface area contributed by atoms with Crippen LogP contribution in [0.3, 0.4) is 0 Å². The van der Waals surface area contributed by atoms with Crippen LogP contribution >= 0.6 is 11.6 Å². The van der Waals surface area contributed by atoms with Gasteiger partial charge >= 0.3 is 0 Å². The van der Waals surface area contributed by atoms with E-state index < -0.39 is 0 Å². The normalized spacial score (nSPS) is 12.8. The Bertz CT molecular complexity index is 246. The molecule has 0 amide bonds. The molecule has 0 spiro atoms. The highest BCUT2D eigenvalue weighted by atomic mass is 35.5. The molecule has 72 valence electrons. The molecule has 3 heteroatoms. The summed E-state index contributed by atoms with van der Waals surface area (Å²) in [6.07, 6.45) is 2.83. The molecule has 1 rings (SSSR count). The third-order valence-electron chi connectivity index (χ3n) is 1.88. The Morgan fingerprint density at radius 3 is 2.85 bits per heavy atom. The van der Waals surface area contributed by atoms with Gasteiger partial charge < -0.3 is 5.32 Å². The smallest absolute Gasteiger partial charge is 0.129 e. The summed E-state index contributed by atoms with van der Waals surface area (Å²) in [5, 5.41) is 3.90. The summed E-state index contributed by atoms with van der Waals surface area (Å²) < 4.78 is 0. The van der Waals surface area contributed by atoms with Gasteiger partial charge in [0.1, 0.15) is 5.15 Å². The van der Waals surface area contributed by atoms with Crippen molar-refractivity contribution in [3.63, 3.8) is 0 Å². The highest BCUT2D eigenvalue weighted by molar-refractivity contribution is 6.29. The summed E-state index contributed by atoms with van der Waals surface area (Å²) in [5.41, 5.74) is 1.22. The monoisotopic (exact) mass is 198 g/mol. The number of pyridine rings is 1. The van der Waals surface area contributed by atoms with E-state index in [9.17, 15) is 0 Å². The number of halogens is 1. The lowest BCUT2D eigenvalue weighted by atomic mass is 10.1. The van der Waals surface area contributed by atoms with Gasteiger partial charge in [0.2, 0.25) is 0 Å². The summed E-state index contributed by atoms with van der Waals surface area (Å²) >= 11 is 5.68. The Kier molecular flexibility index (Phi) is 4.19. The second-order valence-electron chi connectivity index (χ2n) is 3.15. The number of nitrogens with zero attached hydrogens (tertiary/aromatic N) is 1. The van der Waals surface area contributed by atoms with Gasteiger partial charge in [-0.1, -0.05) is 24.6 Å². The molecule has 0 fully saturated rings. The van der Waals surface area contributed by atoms with E-state index in [4.69, 9.17) is 11.6 Å². The molecule has 0 saturated carbocycles. The molecular weight excluding hydrogens is 184 g/mol. The van der Waals surface area contributed by atoms with Crippen molar-refractivity contribution < 1.29 is 0 Å². The van der Waals surface area contributed by atoms with Crippen LogP contribution < -0.4 is 5.32 Å². The van der Waals surface area contributed by atoms with Crippen LogP contribution in [-0.2, 0) is 6.42 Å². The van der Waals surface area contributed by atoms with Crippen molar-refractivity contribution >= 4 is 11.6 Å².